The number of thiazole rings is 1. The molecule has 0 saturated carbocycles. The van der Waals surface area contributed by atoms with Gasteiger partial charge in [0.05, 0.1) is 13.4 Å². The van der Waals surface area contributed by atoms with Crippen molar-refractivity contribution in [2.24, 2.45) is 0 Å². The molecule has 0 bridgehead atoms. The fraction of sp³-hybridized carbons (Fsp3) is 0.0625. The van der Waals surface area contributed by atoms with Crippen molar-refractivity contribution in [1.29, 1.82) is 0 Å². The third kappa shape index (κ3) is 1.88. The van der Waals surface area contributed by atoms with Crippen molar-refractivity contribution in [2.45, 2.75) is 0 Å². The highest BCUT2D eigenvalue weighted by Crippen LogP contribution is 2.34. The number of nitrogens with two attached hydrogens (primary N) is 1. The number of nitrogen functional groups attached to an aromatic ring is 1. The Kier molecular flexibility index (Phi) is 2.90. The summed E-state index contributed by atoms with van der Waals surface area (Å²) in [5.74, 6) is 2.18. The van der Waals surface area contributed by atoms with Crippen LogP contribution >= 0.6 is 11.3 Å². The van der Waals surface area contributed by atoms with E-state index in [1.165, 1.54) is 11.3 Å². The van der Waals surface area contributed by atoms with Crippen molar-refractivity contribution in [3.05, 3.63) is 48.0 Å². The van der Waals surface area contributed by atoms with Crippen molar-refractivity contribution < 1.29 is 9.15 Å². The number of benzene rings is 1. The van der Waals surface area contributed by atoms with E-state index >= 15 is 0 Å². The highest BCUT2D eigenvalue weighted by molar-refractivity contribution is 7.15. The van der Waals surface area contributed by atoms with Crippen molar-refractivity contribution >= 4 is 22.1 Å². The number of fused-ring (bicyclic) bond motifs is 1. The lowest BCUT2D eigenvalue weighted by Gasteiger charge is -2.03. The van der Waals surface area contributed by atoms with Gasteiger partial charge in [-0.1, -0.05) is 0 Å². The SMILES string of the molecule is COc1ccc(-c2nc3scc(-c4ccco4)n3c2N)cc1. The summed E-state index contributed by atoms with van der Waals surface area (Å²) < 4.78 is 12.6. The fourth-order valence-electron chi connectivity index (χ4n) is 2.44. The highest BCUT2D eigenvalue weighted by atomic mass is 32.1. The summed E-state index contributed by atoms with van der Waals surface area (Å²) in [6.07, 6.45) is 1.65. The Morgan fingerprint density at radius 3 is 2.73 bits per heavy atom. The Hall–Kier alpha value is -2.73. The second kappa shape index (κ2) is 4.92. The van der Waals surface area contributed by atoms with Gasteiger partial charge in [0.15, 0.2) is 10.7 Å². The van der Waals surface area contributed by atoms with Crippen molar-refractivity contribution in [3.8, 4) is 28.5 Å². The fourth-order valence-corrected chi connectivity index (χ4v) is 3.32. The lowest BCUT2D eigenvalue weighted by molar-refractivity contribution is 0.415. The monoisotopic (exact) mass is 311 g/mol. The number of hydrogen-bond donors (Lipinski definition) is 1. The first-order valence-electron chi connectivity index (χ1n) is 6.71. The summed E-state index contributed by atoms with van der Waals surface area (Å²) >= 11 is 1.54. The maximum atomic E-state index is 6.33. The lowest BCUT2D eigenvalue weighted by Crippen LogP contribution is -1.95. The number of anilines is 1. The molecule has 5 nitrogen and oxygen atoms in total. The molecule has 1 aromatic carbocycles. The molecule has 0 spiro atoms. The molecule has 4 rings (SSSR count). The Labute approximate surface area is 130 Å². The van der Waals surface area contributed by atoms with Gasteiger partial charge in [-0.05, 0) is 36.4 Å². The van der Waals surface area contributed by atoms with Gasteiger partial charge in [-0.2, -0.15) is 0 Å². The van der Waals surface area contributed by atoms with E-state index in [0.717, 1.165) is 33.4 Å². The molecule has 4 aromatic rings. The van der Waals surface area contributed by atoms with Gasteiger partial charge in [0.2, 0.25) is 0 Å². The summed E-state index contributed by atoms with van der Waals surface area (Å²) in [7, 11) is 1.64. The molecule has 2 N–H and O–H groups in total. The third-order valence-corrected chi connectivity index (χ3v) is 4.36. The van der Waals surface area contributed by atoms with E-state index in [1.54, 1.807) is 13.4 Å². The van der Waals surface area contributed by atoms with Gasteiger partial charge < -0.3 is 14.9 Å². The largest absolute Gasteiger partial charge is 0.497 e. The summed E-state index contributed by atoms with van der Waals surface area (Å²) in [6.45, 7) is 0. The topological polar surface area (TPSA) is 65.7 Å². The van der Waals surface area contributed by atoms with Crippen LogP contribution in [0.5, 0.6) is 5.75 Å². The first-order valence-corrected chi connectivity index (χ1v) is 7.59. The van der Waals surface area contributed by atoms with Gasteiger partial charge in [-0.3, -0.25) is 4.40 Å². The van der Waals surface area contributed by atoms with Gasteiger partial charge in [0.25, 0.3) is 0 Å². The third-order valence-electron chi connectivity index (χ3n) is 3.54. The minimum absolute atomic E-state index is 0.604. The normalized spacial score (nSPS) is 11.1. The van der Waals surface area contributed by atoms with Gasteiger partial charge in [0, 0.05) is 10.9 Å². The summed E-state index contributed by atoms with van der Waals surface area (Å²) in [4.78, 5) is 5.48. The van der Waals surface area contributed by atoms with Gasteiger partial charge in [0.1, 0.15) is 23.0 Å². The molecule has 0 atom stereocenters. The number of rotatable bonds is 3. The molecule has 0 saturated heterocycles. The van der Waals surface area contributed by atoms with E-state index in [1.807, 2.05) is 46.2 Å². The maximum Gasteiger partial charge on any atom is 0.196 e. The zero-order valence-electron chi connectivity index (χ0n) is 11.8. The number of methoxy groups -OCH3 is 1. The first kappa shape index (κ1) is 13.0. The van der Waals surface area contributed by atoms with Crippen LogP contribution < -0.4 is 10.5 Å². The molecular formula is C16H13N3O2S. The minimum atomic E-state index is 0.604. The molecule has 6 heteroatoms. The Bertz CT molecular complexity index is 921. The molecule has 0 aliphatic heterocycles. The van der Waals surface area contributed by atoms with Crippen LogP contribution in [-0.4, -0.2) is 16.5 Å². The highest BCUT2D eigenvalue weighted by Gasteiger charge is 2.17. The molecule has 0 fully saturated rings. The predicted molar refractivity (Wildman–Crippen MR) is 87.2 cm³/mol. The van der Waals surface area contributed by atoms with Crippen LogP contribution in [0.3, 0.4) is 0 Å². The van der Waals surface area contributed by atoms with Crippen LogP contribution in [0, 0.1) is 0 Å². The van der Waals surface area contributed by atoms with Crippen molar-refractivity contribution in [1.82, 2.24) is 9.38 Å². The number of furan rings is 1. The molecule has 22 heavy (non-hydrogen) atoms. The van der Waals surface area contributed by atoms with E-state index in [2.05, 4.69) is 4.98 Å². The average Bonchev–Trinajstić information content (AvgIpc) is 3.25. The summed E-state index contributed by atoms with van der Waals surface area (Å²) in [5, 5.41) is 2.00. The molecule has 3 aromatic heterocycles. The predicted octanol–water partition coefficient (Wildman–Crippen LogP) is 3.91. The zero-order valence-corrected chi connectivity index (χ0v) is 12.6. The van der Waals surface area contributed by atoms with Crippen LogP contribution in [0.15, 0.2) is 52.5 Å². The number of hydrogen-bond acceptors (Lipinski definition) is 5. The molecular weight excluding hydrogens is 298 g/mol. The minimum Gasteiger partial charge on any atom is -0.497 e. The van der Waals surface area contributed by atoms with Crippen LogP contribution in [0.1, 0.15) is 0 Å². The molecule has 0 aliphatic carbocycles. The Morgan fingerprint density at radius 2 is 2.05 bits per heavy atom. The second-order valence-electron chi connectivity index (χ2n) is 4.79. The lowest BCUT2D eigenvalue weighted by atomic mass is 10.1. The zero-order chi connectivity index (χ0) is 15.1. The molecule has 0 aliphatic rings. The number of imidazole rings is 1. The van der Waals surface area contributed by atoms with Crippen LogP contribution in [0.25, 0.3) is 27.7 Å². The quantitative estimate of drug-likeness (QED) is 0.623. The van der Waals surface area contributed by atoms with Crippen LogP contribution in [0.4, 0.5) is 5.82 Å². The van der Waals surface area contributed by atoms with E-state index in [4.69, 9.17) is 14.9 Å². The van der Waals surface area contributed by atoms with E-state index in [9.17, 15) is 0 Å². The standard InChI is InChI=1S/C16H13N3O2S/c1-20-11-6-4-10(5-7-11)14-15(17)19-12(9-22-16(19)18-14)13-3-2-8-21-13/h2-9H,17H2,1H3. The van der Waals surface area contributed by atoms with Crippen LogP contribution in [0.2, 0.25) is 0 Å². The van der Waals surface area contributed by atoms with Crippen molar-refractivity contribution in [2.75, 3.05) is 12.8 Å². The molecule has 0 unspecified atom stereocenters. The van der Waals surface area contributed by atoms with Gasteiger partial charge in [-0.25, -0.2) is 4.98 Å². The molecule has 3 heterocycles. The van der Waals surface area contributed by atoms with Gasteiger partial charge >= 0.3 is 0 Å². The average molecular weight is 311 g/mol. The first-order chi connectivity index (χ1) is 10.8. The second-order valence-corrected chi connectivity index (χ2v) is 5.63. The van der Waals surface area contributed by atoms with E-state index in [0.29, 0.717) is 5.82 Å². The Morgan fingerprint density at radius 1 is 1.23 bits per heavy atom. The molecule has 0 amide bonds. The molecule has 0 radical (unpaired) electrons. The summed E-state index contributed by atoms with van der Waals surface area (Å²) in [5.41, 5.74) is 8.96. The van der Waals surface area contributed by atoms with Crippen molar-refractivity contribution in [3.63, 3.8) is 0 Å². The summed E-state index contributed by atoms with van der Waals surface area (Å²) in [6, 6.07) is 11.5. The molecule has 110 valence electrons. The number of nitrogens with zero attached hydrogens (tertiary/aromatic N) is 2. The van der Waals surface area contributed by atoms with Crippen LogP contribution in [-0.2, 0) is 0 Å². The number of ether oxygens (including phenoxy) is 1. The Balaban J connectivity index is 1.87. The van der Waals surface area contributed by atoms with E-state index < -0.39 is 0 Å². The van der Waals surface area contributed by atoms with Gasteiger partial charge in [-0.15, -0.1) is 11.3 Å². The maximum absolute atomic E-state index is 6.33. The smallest absolute Gasteiger partial charge is 0.196 e. The number of aromatic nitrogens is 2. The van der Waals surface area contributed by atoms with E-state index in [-0.39, 0.29) is 0 Å².